The fourth-order valence-corrected chi connectivity index (χ4v) is 2.39. The van der Waals surface area contributed by atoms with E-state index in [0.717, 1.165) is 25.1 Å². The van der Waals surface area contributed by atoms with Crippen LogP contribution in [0.2, 0.25) is 0 Å². The van der Waals surface area contributed by atoms with Crippen LogP contribution in [0.5, 0.6) is 0 Å². The lowest BCUT2D eigenvalue weighted by molar-refractivity contribution is -0.141. The zero-order valence-corrected chi connectivity index (χ0v) is 10.7. The van der Waals surface area contributed by atoms with Crippen LogP contribution in [0, 0.1) is 5.92 Å². The molecule has 0 unspecified atom stereocenters. The van der Waals surface area contributed by atoms with Gasteiger partial charge in [-0.3, -0.25) is 0 Å². The number of nitrogens with zero attached hydrogens (tertiary/aromatic N) is 3. The Kier molecular flexibility index (Phi) is 3.93. The van der Waals surface area contributed by atoms with Gasteiger partial charge in [0.05, 0.1) is 0 Å². The first-order valence-electron chi connectivity index (χ1n) is 6.32. The summed E-state index contributed by atoms with van der Waals surface area (Å²) in [5, 5.41) is 0. The van der Waals surface area contributed by atoms with E-state index in [0.29, 0.717) is 19.0 Å². The van der Waals surface area contributed by atoms with Gasteiger partial charge in [-0.25, -0.2) is 9.97 Å². The summed E-state index contributed by atoms with van der Waals surface area (Å²) < 4.78 is 37.8. The SMILES string of the molecule is CCC[C@H]1CN(c2nccc(C(F)(F)F)n2)C[C@@H]1N. The van der Waals surface area contributed by atoms with E-state index in [2.05, 4.69) is 16.9 Å². The second-order valence-corrected chi connectivity index (χ2v) is 4.86. The van der Waals surface area contributed by atoms with Crippen LogP contribution in [0.15, 0.2) is 12.3 Å². The molecule has 0 spiro atoms. The highest BCUT2D eigenvalue weighted by atomic mass is 19.4. The standard InChI is InChI=1S/C12H17F3N4/c1-2-3-8-6-19(7-9(8)16)11-17-5-4-10(18-11)12(13,14)15/h4-5,8-9H,2-3,6-7,16H2,1H3/t8-,9-/m0/s1. The summed E-state index contributed by atoms with van der Waals surface area (Å²) in [5.74, 6) is 0.409. The molecule has 4 nitrogen and oxygen atoms in total. The van der Waals surface area contributed by atoms with Gasteiger partial charge in [-0.15, -0.1) is 0 Å². The third kappa shape index (κ3) is 3.15. The van der Waals surface area contributed by atoms with Crippen molar-refractivity contribution in [3.05, 3.63) is 18.0 Å². The maximum Gasteiger partial charge on any atom is 0.433 e. The van der Waals surface area contributed by atoms with Crippen LogP contribution in [0.1, 0.15) is 25.5 Å². The van der Waals surface area contributed by atoms with Gasteiger partial charge in [-0.2, -0.15) is 13.2 Å². The van der Waals surface area contributed by atoms with E-state index < -0.39 is 11.9 Å². The second-order valence-electron chi connectivity index (χ2n) is 4.86. The summed E-state index contributed by atoms with van der Waals surface area (Å²) in [4.78, 5) is 9.25. The van der Waals surface area contributed by atoms with Crippen LogP contribution in [0.25, 0.3) is 0 Å². The average molecular weight is 274 g/mol. The molecule has 19 heavy (non-hydrogen) atoms. The van der Waals surface area contributed by atoms with Gasteiger partial charge in [0.25, 0.3) is 0 Å². The van der Waals surface area contributed by atoms with Crippen molar-refractivity contribution >= 4 is 5.95 Å². The van der Waals surface area contributed by atoms with Crippen LogP contribution in [0.4, 0.5) is 19.1 Å². The Morgan fingerprint density at radius 2 is 2.16 bits per heavy atom. The minimum Gasteiger partial charge on any atom is -0.339 e. The molecule has 0 bridgehead atoms. The molecule has 2 atom stereocenters. The lowest BCUT2D eigenvalue weighted by Gasteiger charge is -2.17. The largest absolute Gasteiger partial charge is 0.433 e. The van der Waals surface area contributed by atoms with Crippen molar-refractivity contribution in [2.24, 2.45) is 11.7 Å². The van der Waals surface area contributed by atoms with Gasteiger partial charge in [0.2, 0.25) is 5.95 Å². The molecule has 1 aromatic rings. The van der Waals surface area contributed by atoms with E-state index in [1.54, 1.807) is 4.90 Å². The number of alkyl halides is 3. The third-order valence-electron chi connectivity index (χ3n) is 3.37. The molecule has 2 N–H and O–H groups in total. The summed E-state index contributed by atoms with van der Waals surface area (Å²) in [6.45, 7) is 3.19. The lowest BCUT2D eigenvalue weighted by Crippen LogP contribution is -2.30. The van der Waals surface area contributed by atoms with E-state index in [4.69, 9.17) is 5.73 Å². The molecule has 2 rings (SSSR count). The predicted molar refractivity (Wildman–Crippen MR) is 65.6 cm³/mol. The lowest BCUT2D eigenvalue weighted by atomic mass is 9.99. The Morgan fingerprint density at radius 1 is 1.42 bits per heavy atom. The number of hydrogen-bond acceptors (Lipinski definition) is 4. The van der Waals surface area contributed by atoms with Crippen LogP contribution < -0.4 is 10.6 Å². The molecular formula is C12H17F3N4. The Balaban J connectivity index is 2.15. The van der Waals surface area contributed by atoms with E-state index in [-0.39, 0.29) is 12.0 Å². The molecule has 0 radical (unpaired) electrons. The van der Waals surface area contributed by atoms with E-state index >= 15 is 0 Å². The summed E-state index contributed by atoms with van der Waals surface area (Å²) in [6.07, 6.45) is -1.32. The van der Waals surface area contributed by atoms with Gasteiger partial charge in [-0.05, 0) is 18.4 Å². The first-order valence-corrected chi connectivity index (χ1v) is 6.32. The molecule has 1 aliphatic heterocycles. The molecule has 1 aliphatic rings. The molecular weight excluding hydrogens is 257 g/mol. The van der Waals surface area contributed by atoms with Gasteiger partial charge in [0.1, 0.15) is 5.69 Å². The maximum absolute atomic E-state index is 12.6. The first-order chi connectivity index (χ1) is 8.91. The van der Waals surface area contributed by atoms with Gasteiger partial charge in [0.15, 0.2) is 0 Å². The molecule has 0 aromatic carbocycles. The van der Waals surface area contributed by atoms with Crippen molar-refractivity contribution in [3.63, 3.8) is 0 Å². The Labute approximate surface area is 109 Å². The van der Waals surface area contributed by atoms with Crippen molar-refractivity contribution in [1.82, 2.24) is 9.97 Å². The summed E-state index contributed by atoms with van der Waals surface area (Å²) in [7, 11) is 0. The molecule has 106 valence electrons. The predicted octanol–water partition coefficient (Wildman–Crippen LogP) is 2.06. The molecule has 0 saturated carbocycles. The van der Waals surface area contributed by atoms with Crippen LogP contribution in [-0.4, -0.2) is 29.1 Å². The van der Waals surface area contributed by atoms with Crippen molar-refractivity contribution in [2.45, 2.75) is 32.0 Å². The molecule has 0 aliphatic carbocycles. The normalized spacial score (nSPS) is 23.9. The minimum atomic E-state index is -4.44. The quantitative estimate of drug-likeness (QED) is 0.916. The highest BCUT2D eigenvalue weighted by Crippen LogP contribution is 2.29. The van der Waals surface area contributed by atoms with E-state index in [1.807, 2.05) is 0 Å². The zero-order chi connectivity index (χ0) is 14.0. The maximum atomic E-state index is 12.6. The highest BCUT2D eigenvalue weighted by Gasteiger charge is 2.35. The van der Waals surface area contributed by atoms with Gasteiger partial charge < -0.3 is 10.6 Å². The van der Waals surface area contributed by atoms with Crippen molar-refractivity contribution in [3.8, 4) is 0 Å². The summed E-state index contributed by atoms with van der Waals surface area (Å²) >= 11 is 0. The number of hydrogen-bond donors (Lipinski definition) is 1. The fourth-order valence-electron chi connectivity index (χ4n) is 2.39. The number of aromatic nitrogens is 2. The monoisotopic (exact) mass is 274 g/mol. The minimum absolute atomic E-state index is 0.0295. The number of nitrogens with two attached hydrogens (primary N) is 1. The molecule has 1 saturated heterocycles. The van der Waals surface area contributed by atoms with Gasteiger partial charge in [-0.1, -0.05) is 13.3 Å². The van der Waals surface area contributed by atoms with Crippen molar-refractivity contribution in [1.29, 1.82) is 0 Å². The Bertz CT molecular complexity index is 435. The highest BCUT2D eigenvalue weighted by molar-refractivity contribution is 5.33. The van der Waals surface area contributed by atoms with E-state index in [9.17, 15) is 13.2 Å². The smallest absolute Gasteiger partial charge is 0.339 e. The number of rotatable bonds is 3. The van der Waals surface area contributed by atoms with Crippen molar-refractivity contribution < 1.29 is 13.2 Å². The Hall–Kier alpha value is -1.37. The van der Waals surface area contributed by atoms with Crippen LogP contribution in [-0.2, 0) is 6.18 Å². The molecule has 1 aromatic heterocycles. The molecule has 7 heteroatoms. The van der Waals surface area contributed by atoms with Crippen LogP contribution in [0.3, 0.4) is 0 Å². The van der Waals surface area contributed by atoms with Gasteiger partial charge >= 0.3 is 6.18 Å². The molecule has 0 amide bonds. The summed E-state index contributed by atoms with van der Waals surface area (Å²) in [5.41, 5.74) is 5.09. The fraction of sp³-hybridized carbons (Fsp3) is 0.667. The summed E-state index contributed by atoms with van der Waals surface area (Å²) in [6, 6.07) is 0.848. The van der Waals surface area contributed by atoms with E-state index in [1.165, 1.54) is 0 Å². The van der Waals surface area contributed by atoms with Crippen molar-refractivity contribution in [2.75, 3.05) is 18.0 Å². The first kappa shape index (κ1) is 14.0. The van der Waals surface area contributed by atoms with Gasteiger partial charge in [0, 0.05) is 25.3 Å². The number of anilines is 1. The molecule has 2 heterocycles. The number of halogens is 3. The zero-order valence-electron chi connectivity index (χ0n) is 10.7. The third-order valence-corrected chi connectivity index (χ3v) is 3.37. The topological polar surface area (TPSA) is 55.0 Å². The average Bonchev–Trinajstić information content (AvgIpc) is 2.71. The Morgan fingerprint density at radius 3 is 2.79 bits per heavy atom. The van der Waals surface area contributed by atoms with Crippen LogP contribution >= 0.6 is 0 Å². The second kappa shape index (κ2) is 5.32. The molecule has 1 fully saturated rings.